The Morgan fingerprint density at radius 3 is 1.64 bits per heavy atom. The van der Waals surface area contributed by atoms with E-state index in [4.69, 9.17) is 0 Å². The van der Waals surface area contributed by atoms with Gasteiger partial charge >= 0.3 is 0 Å². The van der Waals surface area contributed by atoms with Crippen molar-refractivity contribution in [1.29, 1.82) is 0 Å². The third-order valence-electron chi connectivity index (χ3n) is 25.3. The van der Waals surface area contributed by atoms with Crippen molar-refractivity contribution in [3.05, 3.63) is 258 Å². The van der Waals surface area contributed by atoms with Crippen molar-refractivity contribution in [3.8, 4) is 11.1 Å². The fourth-order valence-electron chi connectivity index (χ4n) is 21.2. The molecule has 0 aromatic heterocycles. The first-order chi connectivity index (χ1) is 42.5. The summed E-state index contributed by atoms with van der Waals surface area (Å²) >= 11 is 0. The zero-order valence-electron chi connectivity index (χ0n) is 50.5. The summed E-state index contributed by atoms with van der Waals surface area (Å²) in [6.07, 6.45) is 19.1. The van der Waals surface area contributed by atoms with E-state index in [1.54, 1.807) is 16.7 Å². The molecule has 0 bridgehead atoms. The van der Waals surface area contributed by atoms with Crippen LogP contribution in [0.25, 0.3) is 11.1 Å². The Kier molecular flexibility index (Phi) is 9.84. The number of benzene rings is 9. The van der Waals surface area contributed by atoms with Crippen LogP contribution in [0.2, 0.25) is 0 Å². The van der Waals surface area contributed by atoms with E-state index >= 15 is 0 Å². The standard InChI is InChI=1S/C82H72BN3Si/c1-79(47-55-40-53-41-56(48-79)74(53)55)59-29-33-61(34-30-59)84-68-24-16-26-72-77(68)83-76-70(84)45-63(86-67-37-28-52(51-18-8-5-9-19-51)44-66(67)81(3)38-14-15-39-82(81,86)4)46-71(76)85(62-35-31-60(32-36-62)80(2)49-57-42-54-43-58(50-80)75(54)57)69-25-17-27-73(78(69)83)87(72,64-20-10-6-11-21-64)65-22-12-7-13-23-65/h5-13,16-37,40,44-46,48-49,54-55,58,74-75H,14-15,38-39,41-43,47,50H2,1-4H3. The second-order valence-corrected chi connectivity index (χ2v) is 33.3. The van der Waals surface area contributed by atoms with Crippen molar-refractivity contribution < 1.29 is 0 Å². The molecule has 9 aromatic carbocycles. The van der Waals surface area contributed by atoms with Crippen molar-refractivity contribution in [2.75, 3.05) is 14.7 Å². The molecule has 9 atom stereocenters. The Bertz CT molecular complexity index is 4400. The van der Waals surface area contributed by atoms with Crippen LogP contribution in [0.3, 0.4) is 0 Å². The van der Waals surface area contributed by atoms with Crippen LogP contribution < -0.4 is 51.8 Å². The second-order valence-electron chi connectivity index (χ2n) is 29.5. The molecule has 11 aliphatic rings. The fourth-order valence-corrected chi connectivity index (χ4v) is 26.5. The SMILES string of the molecule is CC1(c2ccc(N3c4cc(N5c6ccc(-c7ccccc7)cc6C6(C)CCCCC56C)cc5c4B4c6c3cccc6[Si](c3ccccc3)(c3ccccc3)c3cccc(c34)N5c3ccc(C4(C)C=C5CC6CC(C4)C56)cc3)cc2)C=C2CC3=CC(C1)C32. The molecule has 3 nitrogen and oxygen atoms in total. The van der Waals surface area contributed by atoms with Gasteiger partial charge in [-0.05, 0) is 201 Å². The van der Waals surface area contributed by atoms with Gasteiger partial charge in [0.05, 0.1) is 5.54 Å². The fraction of sp³-hybridized carbons (Fsp3) is 0.268. The average molecular weight is 1140 g/mol. The lowest BCUT2D eigenvalue weighted by molar-refractivity contribution is 0.00736. The van der Waals surface area contributed by atoms with Crippen LogP contribution in [0.4, 0.5) is 45.5 Å². The lowest BCUT2D eigenvalue weighted by atomic mass is 9.33. The van der Waals surface area contributed by atoms with Crippen LogP contribution in [0.15, 0.2) is 241 Å². The minimum Gasteiger partial charge on any atom is -0.334 e. The van der Waals surface area contributed by atoms with Gasteiger partial charge in [-0.2, -0.15) is 0 Å². The molecule has 5 heteroatoms. The molecule has 4 heterocycles. The highest BCUT2D eigenvalue weighted by Gasteiger charge is 2.61. The van der Waals surface area contributed by atoms with Crippen LogP contribution in [-0.4, -0.2) is 20.3 Å². The minimum absolute atomic E-state index is 0.00102. The Morgan fingerprint density at radius 2 is 1.06 bits per heavy atom. The smallest absolute Gasteiger partial charge is 0.251 e. The Morgan fingerprint density at radius 1 is 0.471 bits per heavy atom. The van der Waals surface area contributed by atoms with Crippen LogP contribution in [-0.2, 0) is 16.2 Å². The van der Waals surface area contributed by atoms with Gasteiger partial charge in [0.1, 0.15) is 0 Å². The number of nitrogens with zero attached hydrogens (tertiary/aromatic N) is 3. The first kappa shape index (κ1) is 49.9. The van der Waals surface area contributed by atoms with E-state index < -0.39 is 8.07 Å². The number of rotatable bonds is 8. The Labute approximate surface area is 514 Å². The van der Waals surface area contributed by atoms with E-state index in [2.05, 4.69) is 267 Å². The van der Waals surface area contributed by atoms with E-state index in [0.717, 1.165) is 36.5 Å². The largest absolute Gasteiger partial charge is 0.334 e. The number of allylic oxidation sites excluding steroid dienone is 6. The molecular weight excluding hydrogens is 1070 g/mol. The highest BCUT2D eigenvalue weighted by atomic mass is 28.3. The highest BCUT2D eigenvalue weighted by Crippen LogP contribution is 2.66. The van der Waals surface area contributed by atoms with Gasteiger partial charge in [-0.1, -0.05) is 214 Å². The molecule has 0 radical (unpaired) electrons. The Hall–Kier alpha value is -8.12. The monoisotopic (exact) mass is 1140 g/mol. The van der Waals surface area contributed by atoms with Crippen LogP contribution >= 0.6 is 0 Å². The minimum atomic E-state index is -3.04. The van der Waals surface area contributed by atoms with Crippen molar-refractivity contribution in [3.63, 3.8) is 0 Å². The molecule has 20 rings (SSSR count). The normalized spacial score (nSPS) is 29.5. The summed E-state index contributed by atoms with van der Waals surface area (Å²) in [7, 11) is -3.04. The maximum Gasteiger partial charge on any atom is 0.251 e. The van der Waals surface area contributed by atoms with Crippen LogP contribution in [0, 0.1) is 29.6 Å². The molecule has 4 fully saturated rings. The number of anilines is 8. The van der Waals surface area contributed by atoms with E-state index in [1.165, 1.54) is 155 Å². The van der Waals surface area contributed by atoms with Gasteiger partial charge in [0, 0.05) is 67.7 Å². The first-order valence-corrected chi connectivity index (χ1v) is 35.0. The molecule has 4 aliphatic heterocycles. The van der Waals surface area contributed by atoms with Gasteiger partial charge in [0.15, 0.2) is 8.07 Å². The summed E-state index contributed by atoms with van der Waals surface area (Å²) in [5, 5.41) is 5.87. The number of hydrogen-bond donors (Lipinski definition) is 0. The van der Waals surface area contributed by atoms with Gasteiger partial charge in [0.25, 0.3) is 6.71 Å². The molecule has 7 aliphatic carbocycles. The van der Waals surface area contributed by atoms with E-state index in [1.807, 2.05) is 0 Å². The molecule has 87 heavy (non-hydrogen) atoms. The predicted molar refractivity (Wildman–Crippen MR) is 365 cm³/mol. The van der Waals surface area contributed by atoms with Crippen LogP contribution in [0.1, 0.15) is 102 Å². The van der Waals surface area contributed by atoms with Gasteiger partial charge in [-0.15, -0.1) is 0 Å². The van der Waals surface area contributed by atoms with E-state index in [-0.39, 0.29) is 28.5 Å². The zero-order valence-corrected chi connectivity index (χ0v) is 51.5. The molecule has 0 saturated heterocycles. The van der Waals surface area contributed by atoms with Gasteiger partial charge in [-0.25, -0.2) is 0 Å². The molecule has 0 N–H and O–H groups in total. The summed E-state index contributed by atoms with van der Waals surface area (Å²) in [6.45, 7) is 10.3. The molecule has 422 valence electrons. The lowest BCUT2D eigenvalue weighted by Crippen LogP contribution is -2.88. The maximum atomic E-state index is 2.86. The van der Waals surface area contributed by atoms with Crippen LogP contribution in [0.5, 0.6) is 0 Å². The molecule has 9 aromatic rings. The molecule has 4 saturated carbocycles. The third-order valence-corrected chi connectivity index (χ3v) is 30.2. The Balaban J connectivity index is 0.863. The topological polar surface area (TPSA) is 9.72 Å². The molecule has 9 unspecified atom stereocenters. The van der Waals surface area contributed by atoms with Gasteiger partial charge < -0.3 is 14.7 Å². The summed E-state index contributed by atoms with van der Waals surface area (Å²) in [6, 6.07) is 82.4. The average Bonchev–Trinajstić information content (AvgIpc) is 0.854. The van der Waals surface area contributed by atoms with Crippen molar-refractivity contribution in [2.24, 2.45) is 29.6 Å². The summed E-state index contributed by atoms with van der Waals surface area (Å²) in [5.41, 5.74) is 26.5. The zero-order chi connectivity index (χ0) is 57.5. The molecule has 0 spiro atoms. The maximum absolute atomic E-state index is 3.04. The van der Waals surface area contributed by atoms with Gasteiger partial charge in [-0.3, -0.25) is 0 Å². The third kappa shape index (κ3) is 6.30. The van der Waals surface area contributed by atoms with Crippen molar-refractivity contribution >= 4 is 97.4 Å². The second kappa shape index (κ2) is 17.1. The van der Waals surface area contributed by atoms with Crippen molar-refractivity contribution in [1.82, 2.24) is 0 Å². The van der Waals surface area contributed by atoms with E-state index in [0.29, 0.717) is 5.92 Å². The summed E-state index contributed by atoms with van der Waals surface area (Å²) < 4.78 is 0. The lowest BCUT2D eigenvalue weighted by Gasteiger charge is -2.60. The quantitative estimate of drug-likeness (QED) is 0.111. The number of fused-ring (bicyclic) bond motifs is 3. The number of hydrogen-bond acceptors (Lipinski definition) is 3. The summed E-state index contributed by atoms with van der Waals surface area (Å²) in [4.78, 5) is 8.36. The summed E-state index contributed by atoms with van der Waals surface area (Å²) in [5.74, 6) is 4.06. The predicted octanol–water partition coefficient (Wildman–Crippen LogP) is 15.3. The van der Waals surface area contributed by atoms with Gasteiger partial charge in [0.2, 0.25) is 0 Å². The molecular formula is C82H72BN3Si. The molecule has 0 amide bonds. The first-order valence-electron chi connectivity index (χ1n) is 33.0. The van der Waals surface area contributed by atoms with E-state index in [9.17, 15) is 0 Å². The van der Waals surface area contributed by atoms with Crippen molar-refractivity contribution in [2.45, 2.75) is 107 Å². The highest BCUT2D eigenvalue weighted by molar-refractivity contribution is 7.27.